The maximum atomic E-state index is 5.42. The maximum absolute atomic E-state index is 5.42. The number of morpholine rings is 1. The molecule has 1 aliphatic heterocycles. The summed E-state index contributed by atoms with van der Waals surface area (Å²) in [6.07, 6.45) is 0. The molecule has 0 radical (unpaired) electrons. The van der Waals surface area contributed by atoms with Crippen LogP contribution in [0.25, 0.3) is 0 Å². The molecule has 24 heavy (non-hydrogen) atoms. The van der Waals surface area contributed by atoms with Crippen molar-refractivity contribution in [2.75, 3.05) is 31.2 Å². The Morgan fingerprint density at radius 1 is 0.958 bits per heavy atom. The first-order chi connectivity index (χ1) is 11.7. The Labute approximate surface area is 145 Å². The molecule has 0 spiro atoms. The van der Waals surface area contributed by atoms with Gasteiger partial charge in [0.05, 0.1) is 13.2 Å². The van der Waals surface area contributed by atoms with Crippen molar-refractivity contribution >= 4 is 5.69 Å². The molecule has 1 aliphatic rings. The van der Waals surface area contributed by atoms with Gasteiger partial charge in [0.1, 0.15) is 0 Å². The molecule has 1 fully saturated rings. The number of ether oxygens (including phenoxy) is 1. The Morgan fingerprint density at radius 3 is 2.25 bits per heavy atom. The average Bonchev–Trinajstić information content (AvgIpc) is 2.64. The van der Waals surface area contributed by atoms with Crippen molar-refractivity contribution in [1.82, 2.24) is 5.32 Å². The number of hydrogen-bond donors (Lipinski definition) is 1. The van der Waals surface area contributed by atoms with Crippen molar-refractivity contribution in [3.05, 3.63) is 65.7 Å². The van der Waals surface area contributed by atoms with Crippen LogP contribution >= 0.6 is 0 Å². The Bertz CT molecular complexity index is 603. The normalized spacial score (nSPS) is 16.4. The van der Waals surface area contributed by atoms with E-state index in [1.807, 2.05) is 0 Å². The molecule has 0 aliphatic carbocycles. The molecule has 3 nitrogen and oxygen atoms in total. The standard InChI is InChI=1S/C21H28N2O/c1-17(2)21(19-6-4-3-5-7-19)22-16-18-8-10-20(11-9-18)23-12-14-24-15-13-23/h3-11,17,21-22H,12-16H2,1-2H3. The minimum absolute atomic E-state index is 0.380. The van der Waals surface area contributed by atoms with E-state index in [9.17, 15) is 0 Å². The van der Waals surface area contributed by atoms with Crippen molar-refractivity contribution < 1.29 is 4.74 Å². The van der Waals surface area contributed by atoms with Crippen LogP contribution in [0.2, 0.25) is 0 Å². The SMILES string of the molecule is CC(C)C(NCc1ccc(N2CCOCC2)cc1)c1ccccc1. The molecule has 1 unspecified atom stereocenters. The molecule has 1 atom stereocenters. The second-order valence-electron chi connectivity index (χ2n) is 6.78. The van der Waals surface area contributed by atoms with E-state index in [1.165, 1.54) is 16.8 Å². The highest BCUT2D eigenvalue weighted by Crippen LogP contribution is 2.22. The monoisotopic (exact) mass is 324 g/mol. The van der Waals surface area contributed by atoms with Crippen LogP contribution in [0.3, 0.4) is 0 Å². The molecule has 1 heterocycles. The fraction of sp³-hybridized carbons (Fsp3) is 0.429. The zero-order chi connectivity index (χ0) is 16.8. The van der Waals surface area contributed by atoms with Crippen LogP contribution in [0, 0.1) is 5.92 Å². The van der Waals surface area contributed by atoms with Crippen molar-refractivity contribution in [1.29, 1.82) is 0 Å². The molecule has 0 saturated carbocycles. The number of hydrogen-bond acceptors (Lipinski definition) is 3. The van der Waals surface area contributed by atoms with E-state index in [0.717, 1.165) is 32.8 Å². The maximum Gasteiger partial charge on any atom is 0.0642 e. The lowest BCUT2D eigenvalue weighted by Gasteiger charge is -2.29. The van der Waals surface area contributed by atoms with Gasteiger partial charge in [-0.05, 0) is 29.2 Å². The molecular weight excluding hydrogens is 296 g/mol. The van der Waals surface area contributed by atoms with Crippen LogP contribution in [0.15, 0.2) is 54.6 Å². The predicted octanol–water partition coefficient (Wildman–Crippen LogP) is 4.01. The Kier molecular flexibility index (Phi) is 5.89. The molecule has 1 saturated heterocycles. The highest BCUT2D eigenvalue weighted by atomic mass is 16.5. The zero-order valence-electron chi connectivity index (χ0n) is 14.7. The number of anilines is 1. The molecule has 3 heteroatoms. The molecule has 0 aromatic heterocycles. The van der Waals surface area contributed by atoms with Crippen LogP contribution in [0.1, 0.15) is 31.0 Å². The lowest BCUT2D eigenvalue weighted by atomic mass is 9.96. The predicted molar refractivity (Wildman–Crippen MR) is 100 cm³/mol. The quantitative estimate of drug-likeness (QED) is 0.869. The zero-order valence-corrected chi connectivity index (χ0v) is 14.7. The Balaban J connectivity index is 1.61. The number of nitrogens with one attached hydrogen (secondary N) is 1. The van der Waals surface area contributed by atoms with E-state index in [0.29, 0.717) is 12.0 Å². The van der Waals surface area contributed by atoms with E-state index < -0.39 is 0 Å². The van der Waals surface area contributed by atoms with Crippen LogP contribution in [0.4, 0.5) is 5.69 Å². The number of benzene rings is 2. The van der Waals surface area contributed by atoms with Crippen LogP contribution in [-0.4, -0.2) is 26.3 Å². The third kappa shape index (κ3) is 4.37. The second kappa shape index (κ2) is 8.32. The largest absolute Gasteiger partial charge is 0.378 e. The summed E-state index contributed by atoms with van der Waals surface area (Å²) in [7, 11) is 0. The molecule has 2 aromatic rings. The van der Waals surface area contributed by atoms with Crippen molar-refractivity contribution in [2.45, 2.75) is 26.4 Å². The van der Waals surface area contributed by atoms with Gasteiger partial charge in [0.25, 0.3) is 0 Å². The van der Waals surface area contributed by atoms with Gasteiger partial charge in [-0.1, -0.05) is 56.3 Å². The minimum atomic E-state index is 0.380. The lowest BCUT2D eigenvalue weighted by molar-refractivity contribution is 0.122. The highest BCUT2D eigenvalue weighted by molar-refractivity contribution is 5.47. The van der Waals surface area contributed by atoms with Crippen molar-refractivity contribution in [3.8, 4) is 0 Å². The van der Waals surface area contributed by atoms with Crippen LogP contribution in [0.5, 0.6) is 0 Å². The van der Waals surface area contributed by atoms with E-state index in [1.54, 1.807) is 0 Å². The highest BCUT2D eigenvalue weighted by Gasteiger charge is 2.15. The Morgan fingerprint density at radius 2 is 1.62 bits per heavy atom. The number of rotatable bonds is 6. The average molecular weight is 324 g/mol. The van der Waals surface area contributed by atoms with Crippen LogP contribution < -0.4 is 10.2 Å². The summed E-state index contributed by atoms with van der Waals surface area (Å²) in [5.74, 6) is 0.556. The smallest absolute Gasteiger partial charge is 0.0642 e. The van der Waals surface area contributed by atoms with Gasteiger partial charge in [-0.3, -0.25) is 0 Å². The summed E-state index contributed by atoms with van der Waals surface area (Å²) < 4.78 is 5.42. The van der Waals surface area contributed by atoms with Gasteiger partial charge < -0.3 is 15.0 Å². The first kappa shape index (κ1) is 17.0. The van der Waals surface area contributed by atoms with E-state index in [2.05, 4.69) is 78.7 Å². The summed E-state index contributed by atoms with van der Waals surface area (Å²) in [6.45, 7) is 9.06. The summed E-state index contributed by atoms with van der Waals surface area (Å²) in [4.78, 5) is 2.39. The van der Waals surface area contributed by atoms with E-state index >= 15 is 0 Å². The first-order valence-corrected chi connectivity index (χ1v) is 8.94. The fourth-order valence-electron chi connectivity index (χ4n) is 3.27. The molecule has 2 aromatic carbocycles. The Hall–Kier alpha value is -1.84. The van der Waals surface area contributed by atoms with Crippen molar-refractivity contribution in [3.63, 3.8) is 0 Å². The van der Waals surface area contributed by atoms with Gasteiger partial charge in [0, 0.05) is 31.4 Å². The molecule has 0 amide bonds. The number of nitrogens with zero attached hydrogens (tertiary/aromatic N) is 1. The molecule has 3 rings (SSSR count). The summed E-state index contributed by atoms with van der Waals surface area (Å²) in [6, 6.07) is 20.0. The topological polar surface area (TPSA) is 24.5 Å². The summed E-state index contributed by atoms with van der Waals surface area (Å²) in [5.41, 5.74) is 3.98. The van der Waals surface area contributed by atoms with Gasteiger partial charge >= 0.3 is 0 Å². The van der Waals surface area contributed by atoms with Gasteiger partial charge in [-0.15, -0.1) is 0 Å². The fourth-order valence-corrected chi connectivity index (χ4v) is 3.27. The molecular formula is C21H28N2O. The van der Waals surface area contributed by atoms with Gasteiger partial charge in [0.15, 0.2) is 0 Å². The third-order valence-corrected chi connectivity index (χ3v) is 4.66. The van der Waals surface area contributed by atoms with Crippen molar-refractivity contribution in [2.24, 2.45) is 5.92 Å². The third-order valence-electron chi connectivity index (χ3n) is 4.66. The minimum Gasteiger partial charge on any atom is -0.378 e. The van der Waals surface area contributed by atoms with Gasteiger partial charge in [-0.2, -0.15) is 0 Å². The van der Waals surface area contributed by atoms with E-state index in [4.69, 9.17) is 4.74 Å². The molecule has 128 valence electrons. The lowest BCUT2D eigenvalue weighted by Crippen LogP contribution is -2.36. The molecule has 0 bridgehead atoms. The second-order valence-corrected chi connectivity index (χ2v) is 6.78. The summed E-state index contributed by atoms with van der Waals surface area (Å²) >= 11 is 0. The summed E-state index contributed by atoms with van der Waals surface area (Å²) in [5, 5.41) is 3.72. The molecule has 1 N–H and O–H groups in total. The van der Waals surface area contributed by atoms with Gasteiger partial charge in [-0.25, -0.2) is 0 Å². The van der Waals surface area contributed by atoms with E-state index in [-0.39, 0.29) is 0 Å². The first-order valence-electron chi connectivity index (χ1n) is 8.94. The van der Waals surface area contributed by atoms with Gasteiger partial charge in [0.2, 0.25) is 0 Å². The van der Waals surface area contributed by atoms with Crippen LogP contribution in [-0.2, 0) is 11.3 Å².